The van der Waals surface area contributed by atoms with Gasteiger partial charge in [0.05, 0.1) is 19.3 Å². The lowest BCUT2D eigenvalue weighted by Crippen LogP contribution is -2.35. The van der Waals surface area contributed by atoms with Crippen LogP contribution in [0.5, 0.6) is 0 Å². The zero-order valence-corrected chi connectivity index (χ0v) is 11.7. The van der Waals surface area contributed by atoms with E-state index in [-0.39, 0.29) is 13.0 Å². The highest BCUT2D eigenvalue weighted by molar-refractivity contribution is 5.93. The van der Waals surface area contributed by atoms with Crippen LogP contribution in [0.4, 0.5) is 0 Å². The van der Waals surface area contributed by atoms with Crippen molar-refractivity contribution < 1.29 is 19.1 Å². The van der Waals surface area contributed by atoms with Crippen LogP contribution >= 0.6 is 0 Å². The summed E-state index contributed by atoms with van der Waals surface area (Å²) in [6, 6.07) is -0.794. The summed E-state index contributed by atoms with van der Waals surface area (Å²) in [5.74, 6) is -0.913. The molecule has 0 fully saturated rings. The number of aryl methyl sites for hydroxylation is 2. The van der Waals surface area contributed by atoms with Gasteiger partial charge in [-0.15, -0.1) is 0 Å². The van der Waals surface area contributed by atoms with Crippen LogP contribution in [0.15, 0.2) is 0 Å². The molecular weight excluding hydrogens is 248 g/mol. The minimum atomic E-state index is -0.794. The Morgan fingerprint density at radius 3 is 2.47 bits per heavy atom. The second kappa shape index (κ2) is 6.38. The molecule has 1 atom stereocenters. The number of hydrogen-bond donors (Lipinski definition) is 2. The largest absolute Gasteiger partial charge is 0.465 e. The zero-order valence-electron chi connectivity index (χ0n) is 11.7. The van der Waals surface area contributed by atoms with Crippen molar-refractivity contribution in [1.82, 2.24) is 4.98 Å². The van der Waals surface area contributed by atoms with E-state index in [1.165, 1.54) is 7.11 Å². The molecule has 1 aromatic heterocycles. The Morgan fingerprint density at radius 1 is 1.32 bits per heavy atom. The lowest BCUT2D eigenvalue weighted by molar-refractivity contribution is -0.144. The van der Waals surface area contributed by atoms with Gasteiger partial charge in [-0.25, -0.2) is 4.79 Å². The minimum absolute atomic E-state index is 0.236. The number of methoxy groups -OCH3 is 1. The number of aromatic amines is 1. The van der Waals surface area contributed by atoms with Crippen molar-refractivity contribution in [3.8, 4) is 0 Å². The van der Waals surface area contributed by atoms with Crippen LogP contribution in [0.1, 0.15) is 34.2 Å². The van der Waals surface area contributed by atoms with Crippen molar-refractivity contribution in [1.29, 1.82) is 0 Å². The quantitative estimate of drug-likeness (QED) is 0.772. The molecule has 1 aromatic rings. The van der Waals surface area contributed by atoms with Crippen LogP contribution < -0.4 is 5.73 Å². The molecule has 0 spiro atoms. The third-order valence-electron chi connectivity index (χ3n) is 2.91. The van der Waals surface area contributed by atoms with Crippen LogP contribution in [-0.4, -0.2) is 36.7 Å². The fourth-order valence-corrected chi connectivity index (χ4v) is 2.02. The van der Waals surface area contributed by atoms with Crippen LogP contribution in [0.2, 0.25) is 0 Å². The molecule has 0 aliphatic carbocycles. The summed E-state index contributed by atoms with van der Waals surface area (Å²) >= 11 is 0. The number of ether oxygens (including phenoxy) is 2. The molecule has 0 aliphatic rings. The van der Waals surface area contributed by atoms with Gasteiger partial charge in [-0.2, -0.15) is 0 Å². The highest BCUT2D eigenvalue weighted by Crippen LogP contribution is 2.20. The predicted octanol–water partition coefficient (Wildman–Crippen LogP) is 0.851. The molecule has 0 aliphatic heterocycles. The van der Waals surface area contributed by atoms with E-state index < -0.39 is 18.0 Å². The standard InChI is InChI=1S/C13H20N2O4/c1-5-19-12(16)10(14)6-9-7(2)15-8(3)11(9)13(17)18-4/h10,15H,5-6,14H2,1-4H3. The monoisotopic (exact) mass is 268 g/mol. The third kappa shape index (κ3) is 3.35. The summed E-state index contributed by atoms with van der Waals surface area (Å²) in [7, 11) is 1.32. The van der Waals surface area contributed by atoms with Crippen molar-refractivity contribution in [3.05, 3.63) is 22.5 Å². The fraction of sp³-hybridized carbons (Fsp3) is 0.538. The molecule has 1 rings (SSSR count). The third-order valence-corrected chi connectivity index (χ3v) is 2.91. The molecule has 0 amide bonds. The molecule has 19 heavy (non-hydrogen) atoms. The van der Waals surface area contributed by atoms with Crippen molar-refractivity contribution in [3.63, 3.8) is 0 Å². The van der Waals surface area contributed by atoms with Gasteiger partial charge in [0.1, 0.15) is 6.04 Å². The number of rotatable bonds is 5. The number of carbonyl (C=O) groups excluding carboxylic acids is 2. The van der Waals surface area contributed by atoms with Crippen LogP contribution in [0.25, 0.3) is 0 Å². The second-order valence-corrected chi connectivity index (χ2v) is 4.28. The number of nitrogens with one attached hydrogen (secondary N) is 1. The molecule has 0 radical (unpaired) electrons. The van der Waals surface area contributed by atoms with Crippen LogP contribution in [0.3, 0.4) is 0 Å². The molecule has 0 saturated heterocycles. The van der Waals surface area contributed by atoms with E-state index >= 15 is 0 Å². The van der Waals surface area contributed by atoms with E-state index in [1.54, 1.807) is 13.8 Å². The van der Waals surface area contributed by atoms with E-state index in [1.807, 2.05) is 6.92 Å². The van der Waals surface area contributed by atoms with Crippen molar-refractivity contribution >= 4 is 11.9 Å². The maximum absolute atomic E-state index is 11.7. The predicted molar refractivity (Wildman–Crippen MR) is 69.9 cm³/mol. The number of H-pyrrole nitrogens is 1. The molecule has 6 heteroatoms. The highest BCUT2D eigenvalue weighted by Gasteiger charge is 2.24. The van der Waals surface area contributed by atoms with Crippen molar-refractivity contribution in [2.24, 2.45) is 5.73 Å². The fourth-order valence-electron chi connectivity index (χ4n) is 2.02. The first-order valence-electron chi connectivity index (χ1n) is 6.10. The van der Waals surface area contributed by atoms with Gasteiger partial charge >= 0.3 is 11.9 Å². The van der Waals surface area contributed by atoms with Crippen molar-refractivity contribution in [2.45, 2.75) is 33.2 Å². The Kier molecular flexibility index (Phi) is 5.11. The Hall–Kier alpha value is -1.82. The van der Waals surface area contributed by atoms with E-state index in [0.29, 0.717) is 16.8 Å². The summed E-state index contributed by atoms with van der Waals surface area (Å²) in [6.07, 6.45) is 0.236. The number of aromatic nitrogens is 1. The maximum Gasteiger partial charge on any atom is 0.339 e. The maximum atomic E-state index is 11.7. The Balaban J connectivity index is 3.00. The average Bonchev–Trinajstić information content (AvgIpc) is 2.63. The summed E-state index contributed by atoms with van der Waals surface area (Å²) < 4.78 is 9.60. The normalized spacial score (nSPS) is 12.1. The average molecular weight is 268 g/mol. The summed E-state index contributed by atoms with van der Waals surface area (Å²) in [5.41, 5.74) is 8.43. The number of hydrogen-bond acceptors (Lipinski definition) is 5. The molecule has 6 nitrogen and oxygen atoms in total. The number of carbonyl (C=O) groups is 2. The Morgan fingerprint density at radius 2 is 1.95 bits per heavy atom. The molecule has 3 N–H and O–H groups in total. The smallest absolute Gasteiger partial charge is 0.339 e. The van der Waals surface area contributed by atoms with Gasteiger partial charge in [0, 0.05) is 17.8 Å². The van der Waals surface area contributed by atoms with Gasteiger partial charge in [0.15, 0.2) is 0 Å². The van der Waals surface area contributed by atoms with Gasteiger partial charge in [0.2, 0.25) is 0 Å². The molecular formula is C13H20N2O4. The molecule has 1 unspecified atom stereocenters. The lowest BCUT2D eigenvalue weighted by Gasteiger charge is -2.11. The first-order chi connectivity index (χ1) is 8.92. The van der Waals surface area contributed by atoms with E-state index in [0.717, 1.165) is 5.69 Å². The van der Waals surface area contributed by atoms with Gasteiger partial charge in [0.25, 0.3) is 0 Å². The van der Waals surface area contributed by atoms with Crippen molar-refractivity contribution in [2.75, 3.05) is 13.7 Å². The molecule has 1 heterocycles. The SMILES string of the molecule is CCOC(=O)C(N)Cc1c(C)[nH]c(C)c1C(=O)OC. The van der Waals surface area contributed by atoms with Crippen LogP contribution in [-0.2, 0) is 20.7 Å². The lowest BCUT2D eigenvalue weighted by atomic mass is 10.0. The first kappa shape index (κ1) is 15.2. The topological polar surface area (TPSA) is 94.4 Å². The van der Waals surface area contributed by atoms with E-state index in [4.69, 9.17) is 15.2 Å². The Bertz CT molecular complexity index is 479. The number of esters is 2. The minimum Gasteiger partial charge on any atom is -0.465 e. The van der Waals surface area contributed by atoms with Gasteiger partial charge in [-0.05, 0) is 26.3 Å². The second-order valence-electron chi connectivity index (χ2n) is 4.28. The van der Waals surface area contributed by atoms with E-state index in [9.17, 15) is 9.59 Å². The molecule has 0 saturated carbocycles. The van der Waals surface area contributed by atoms with Gasteiger partial charge < -0.3 is 20.2 Å². The van der Waals surface area contributed by atoms with E-state index in [2.05, 4.69) is 4.98 Å². The summed E-state index contributed by atoms with van der Waals surface area (Å²) in [6.45, 7) is 5.60. The first-order valence-corrected chi connectivity index (χ1v) is 6.10. The zero-order chi connectivity index (χ0) is 14.6. The molecule has 106 valence electrons. The highest BCUT2D eigenvalue weighted by atomic mass is 16.5. The number of nitrogens with two attached hydrogens (primary N) is 1. The summed E-state index contributed by atoms with van der Waals surface area (Å²) in [5, 5.41) is 0. The van der Waals surface area contributed by atoms with Gasteiger partial charge in [-0.3, -0.25) is 4.79 Å². The summed E-state index contributed by atoms with van der Waals surface area (Å²) in [4.78, 5) is 26.3. The molecule has 0 bridgehead atoms. The van der Waals surface area contributed by atoms with Crippen LogP contribution in [0, 0.1) is 13.8 Å². The van der Waals surface area contributed by atoms with Gasteiger partial charge in [-0.1, -0.05) is 0 Å². The molecule has 0 aromatic carbocycles. The Labute approximate surface area is 112 Å².